The highest BCUT2D eigenvalue weighted by molar-refractivity contribution is 5.90. The quantitative estimate of drug-likeness (QED) is 0.0189. The van der Waals surface area contributed by atoms with Crippen LogP contribution in [0.2, 0.25) is 0 Å². The molecule has 2 aliphatic rings. The number of carbonyl (C=O) groups excluding carboxylic acids is 3. The van der Waals surface area contributed by atoms with E-state index in [1.54, 1.807) is 46.0 Å². The van der Waals surface area contributed by atoms with E-state index in [-0.39, 0.29) is 31.1 Å². The number of nitrogens with one attached hydrogen (secondary N) is 1. The number of fused-ring (bicyclic) bond motifs is 2. The van der Waals surface area contributed by atoms with Gasteiger partial charge in [0.15, 0.2) is 11.7 Å². The Morgan fingerprint density at radius 1 is 0.721 bits per heavy atom. The molecule has 0 aromatic rings. The second-order valence-electron chi connectivity index (χ2n) is 24.4. The first-order valence-corrected chi connectivity index (χ1v) is 30.5. The van der Waals surface area contributed by atoms with Crippen molar-refractivity contribution in [3.05, 3.63) is 48.6 Å². The molecule has 494 valence electrons. The van der Waals surface area contributed by atoms with Crippen LogP contribution in [-0.4, -0.2) is 196 Å². The minimum absolute atomic E-state index is 0.00763. The Hall–Kier alpha value is -4.86. The molecule has 22 unspecified atom stereocenters. The standard InChI is InChI=1S/C62H105N3O21/c1-35(18-14-12-10-11-13-17-25-65-61(63)64-9)26-39(5)58-38(4)19-15-16-20-46(67)40(6)50(71)29-44(83-56(78)32-54(74)75)27-43(66)28-45-30-53(84-57(79)33-55(76)77)59(80)62(82,86-45)34-52(73)37(3)22-23-47(68)41(7)51(72)31-49(70)36(2)21-24-48(69)42(8)60(81)85-58/h10-11,15-16,19-21,24,35-53,58-59,66-73,80,82H,12-14,17-18,22-23,25-34H2,1-9H3,(H,74,75)(H,76,77)(H3,63,64,65). The molecule has 24 nitrogen and oxygen atoms in total. The molecule has 0 amide bonds. The number of aliphatic hydroxyl groups is 10. The van der Waals surface area contributed by atoms with Crippen LogP contribution in [0, 0.1) is 47.3 Å². The number of carbonyl (C=O) groups is 5. The van der Waals surface area contributed by atoms with E-state index in [0.29, 0.717) is 12.4 Å². The average Bonchev–Trinajstić information content (AvgIpc) is 1.01. The summed E-state index contributed by atoms with van der Waals surface area (Å²) in [6, 6.07) is 0. The Morgan fingerprint density at radius 2 is 1.33 bits per heavy atom. The maximum atomic E-state index is 13.9. The predicted octanol–water partition coefficient (Wildman–Crippen LogP) is 3.33. The highest BCUT2D eigenvalue weighted by atomic mass is 16.7. The maximum Gasteiger partial charge on any atom is 0.317 e. The summed E-state index contributed by atoms with van der Waals surface area (Å²) in [6.07, 6.45) is -3.57. The van der Waals surface area contributed by atoms with E-state index >= 15 is 0 Å². The summed E-state index contributed by atoms with van der Waals surface area (Å²) in [4.78, 5) is 65.9. The molecule has 0 spiro atoms. The van der Waals surface area contributed by atoms with Crippen molar-refractivity contribution in [2.24, 2.45) is 58.1 Å². The number of carboxylic acids is 2. The number of rotatable bonds is 17. The van der Waals surface area contributed by atoms with Crippen molar-refractivity contribution >= 4 is 35.8 Å². The lowest BCUT2D eigenvalue weighted by Gasteiger charge is -2.46. The SMILES string of the molecule is CN=C(N)NCCCC=CCCCC(C)CC(C)C1OC(=O)C(C)C(O)C=CC(C)C(O)CC(O)C(C)C(O)CCC(C)C(O)CC2(O)OC(CC(O)CC(OC(=O)CC(=O)O)CC(O)C(C)C(O)C=CC=CC1C)CC(OC(=O)CC(=O)O)C2O. The third-order valence-corrected chi connectivity index (χ3v) is 16.7. The Morgan fingerprint density at radius 3 is 1.95 bits per heavy atom. The van der Waals surface area contributed by atoms with Gasteiger partial charge in [0.25, 0.3) is 0 Å². The average molecular weight is 1230 g/mol. The number of aliphatic carboxylic acids is 2. The van der Waals surface area contributed by atoms with Gasteiger partial charge in [-0.15, -0.1) is 0 Å². The van der Waals surface area contributed by atoms with Gasteiger partial charge in [-0.25, -0.2) is 0 Å². The first-order valence-electron chi connectivity index (χ1n) is 30.5. The summed E-state index contributed by atoms with van der Waals surface area (Å²) >= 11 is 0. The lowest BCUT2D eigenvalue weighted by atomic mass is 9.83. The van der Waals surface area contributed by atoms with Crippen LogP contribution in [-0.2, 0) is 42.9 Å². The summed E-state index contributed by atoms with van der Waals surface area (Å²) in [5.41, 5.74) is 5.69. The third-order valence-electron chi connectivity index (χ3n) is 16.7. The lowest BCUT2D eigenvalue weighted by Crippen LogP contribution is -2.60. The van der Waals surface area contributed by atoms with E-state index < -0.39 is 195 Å². The van der Waals surface area contributed by atoms with E-state index in [0.717, 1.165) is 38.6 Å². The number of carboxylic acid groups (broad SMARTS) is 2. The number of cyclic esters (lactones) is 1. The Labute approximate surface area is 507 Å². The Bertz CT molecular complexity index is 2200. The van der Waals surface area contributed by atoms with Crippen molar-refractivity contribution < 1.29 is 104 Å². The Kier molecular flexibility index (Phi) is 35.2. The van der Waals surface area contributed by atoms with Crippen LogP contribution in [0.1, 0.15) is 158 Å². The molecule has 22 atom stereocenters. The minimum atomic E-state index is -2.70. The van der Waals surface area contributed by atoms with Gasteiger partial charge in [0.2, 0.25) is 0 Å². The van der Waals surface area contributed by atoms with Crippen LogP contribution in [0.3, 0.4) is 0 Å². The normalized spacial score (nSPS) is 35.8. The molecular weight excluding hydrogens is 1120 g/mol. The number of aliphatic imine (C=N–C) groups is 1. The van der Waals surface area contributed by atoms with E-state index in [1.807, 2.05) is 13.8 Å². The molecule has 0 aromatic heterocycles. The summed E-state index contributed by atoms with van der Waals surface area (Å²) in [5, 5.41) is 135. The predicted molar refractivity (Wildman–Crippen MR) is 318 cm³/mol. The van der Waals surface area contributed by atoms with Crippen molar-refractivity contribution in [3.63, 3.8) is 0 Å². The third kappa shape index (κ3) is 28.5. The first-order chi connectivity index (χ1) is 40.3. The van der Waals surface area contributed by atoms with Gasteiger partial charge in [0.1, 0.15) is 37.3 Å². The van der Waals surface area contributed by atoms with Crippen molar-refractivity contribution in [2.45, 2.75) is 243 Å². The molecule has 2 bridgehead atoms. The first kappa shape index (κ1) is 77.2. The minimum Gasteiger partial charge on any atom is -0.481 e. The van der Waals surface area contributed by atoms with Gasteiger partial charge >= 0.3 is 29.8 Å². The van der Waals surface area contributed by atoms with Crippen molar-refractivity contribution in [1.29, 1.82) is 0 Å². The van der Waals surface area contributed by atoms with Gasteiger partial charge in [-0.2, -0.15) is 0 Å². The van der Waals surface area contributed by atoms with E-state index in [1.165, 1.54) is 32.1 Å². The fourth-order valence-corrected chi connectivity index (χ4v) is 10.8. The molecular formula is C62H105N3O21. The van der Waals surface area contributed by atoms with Crippen molar-refractivity contribution in [2.75, 3.05) is 13.6 Å². The number of hydrogen-bond donors (Lipinski definition) is 14. The van der Waals surface area contributed by atoms with Crippen LogP contribution in [0.4, 0.5) is 0 Å². The molecule has 86 heavy (non-hydrogen) atoms. The zero-order valence-corrected chi connectivity index (χ0v) is 51.8. The molecule has 15 N–H and O–H groups in total. The van der Waals surface area contributed by atoms with E-state index in [9.17, 15) is 85.3 Å². The van der Waals surface area contributed by atoms with Gasteiger partial charge in [-0.3, -0.25) is 29.0 Å². The molecule has 0 radical (unpaired) electrons. The van der Waals surface area contributed by atoms with E-state index in [4.69, 9.17) is 24.7 Å². The topological polar surface area (TPSA) is 415 Å². The summed E-state index contributed by atoms with van der Waals surface area (Å²) in [7, 11) is 1.62. The zero-order valence-electron chi connectivity index (χ0n) is 51.8. The van der Waals surface area contributed by atoms with Gasteiger partial charge in [-0.05, 0) is 76.0 Å². The van der Waals surface area contributed by atoms with Crippen LogP contribution >= 0.6 is 0 Å². The summed E-state index contributed by atoms with van der Waals surface area (Å²) in [6.45, 7) is 14.6. The van der Waals surface area contributed by atoms with Crippen LogP contribution in [0.25, 0.3) is 0 Å². The molecule has 1 fully saturated rings. The van der Waals surface area contributed by atoms with Gasteiger partial charge in [0, 0.05) is 69.4 Å². The fourth-order valence-electron chi connectivity index (χ4n) is 10.8. The highest BCUT2D eigenvalue weighted by Crippen LogP contribution is 2.38. The molecule has 0 saturated carbocycles. The number of nitrogens with zero attached hydrogens (tertiary/aromatic N) is 1. The molecule has 1 saturated heterocycles. The van der Waals surface area contributed by atoms with Crippen LogP contribution < -0.4 is 11.1 Å². The number of nitrogens with two attached hydrogens (primary N) is 1. The number of allylic oxidation sites excluding steroid dienone is 4. The highest BCUT2D eigenvalue weighted by Gasteiger charge is 2.52. The number of hydrogen-bond acceptors (Lipinski definition) is 20. The number of unbranched alkanes of at least 4 members (excludes halogenated alkanes) is 2. The molecule has 2 heterocycles. The van der Waals surface area contributed by atoms with Crippen molar-refractivity contribution in [1.82, 2.24) is 5.32 Å². The number of aliphatic hydroxyl groups excluding tert-OH is 9. The fraction of sp³-hybridized carbons (Fsp3) is 0.774. The smallest absolute Gasteiger partial charge is 0.317 e. The van der Waals surface area contributed by atoms with E-state index in [2.05, 4.69) is 29.4 Å². The van der Waals surface area contributed by atoms with Gasteiger partial charge < -0.3 is 91.3 Å². The van der Waals surface area contributed by atoms with Crippen molar-refractivity contribution in [3.8, 4) is 0 Å². The lowest BCUT2D eigenvalue weighted by molar-refractivity contribution is -0.334. The van der Waals surface area contributed by atoms with Crippen LogP contribution in [0.15, 0.2) is 53.6 Å². The second-order valence-corrected chi connectivity index (χ2v) is 24.4. The second kappa shape index (κ2) is 39.2. The number of ether oxygens (including phenoxy) is 4. The largest absolute Gasteiger partial charge is 0.481 e. The molecule has 0 aromatic carbocycles. The van der Waals surface area contributed by atoms with Crippen LogP contribution in [0.5, 0.6) is 0 Å². The molecule has 0 aliphatic carbocycles. The van der Waals surface area contributed by atoms with Gasteiger partial charge in [-0.1, -0.05) is 103 Å². The Balaban J connectivity index is 2.54. The monoisotopic (exact) mass is 1230 g/mol. The molecule has 2 rings (SSSR count). The molecule has 24 heteroatoms. The zero-order chi connectivity index (χ0) is 65.0. The number of esters is 3. The molecule has 2 aliphatic heterocycles. The maximum absolute atomic E-state index is 13.9. The summed E-state index contributed by atoms with van der Waals surface area (Å²) in [5.74, 6) is -13.0. The summed E-state index contributed by atoms with van der Waals surface area (Å²) < 4.78 is 22.8. The van der Waals surface area contributed by atoms with Gasteiger partial charge in [0.05, 0.1) is 60.9 Å². The number of guanidine groups is 1.